The lowest BCUT2D eigenvalue weighted by molar-refractivity contribution is -0.0248. The normalized spacial score (nSPS) is 16.4. The minimum absolute atomic E-state index is 0.648. The van der Waals surface area contributed by atoms with Crippen LogP contribution in [-0.2, 0) is 11.2 Å². The molecule has 1 aromatic heterocycles. The maximum Gasteiger partial charge on any atom is 0.129 e. The summed E-state index contributed by atoms with van der Waals surface area (Å²) in [5.41, 5.74) is 1.08. The first-order valence-corrected chi connectivity index (χ1v) is 5.01. The second kappa shape index (κ2) is 4.37. The Morgan fingerprint density at radius 1 is 1.50 bits per heavy atom. The molecule has 0 amide bonds. The number of hydrogen-bond donors (Lipinski definition) is 1. The quantitative estimate of drug-likeness (QED) is 0.777. The van der Waals surface area contributed by atoms with Gasteiger partial charge in [-0.2, -0.15) is 0 Å². The van der Waals surface area contributed by atoms with Gasteiger partial charge in [0.05, 0.1) is 13.2 Å². The highest BCUT2D eigenvalue weighted by molar-refractivity contribution is 5.34. The van der Waals surface area contributed by atoms with Gasteiger partial charge < -0.3 is 10.1 Å². The Morgan fingerprint density at radius 2 is 2.36 bits per heavy atom. The summed E-state index contributed by atoms with van der Waals surface area (Å²) in [6, 6.07) is 2.00. The van der Waals surface area contributed by atoms with Crippen molar-refractivity contribution in [2.24, 2.45) is 5.92 Å². The molecule has 1 fully saturated rings. The van der Waals surface area contributed by atoms with Crippen molar-refractivity contribution in [1.82, 2.24) is 9.97 Å². The molecule has 4 nitrogen and oxygen atoms in total. The van der Waals surface area contributed by atoms with Gasteiger partial charge in [-0.15, -0.1) is 0 Å². The van der Waals surface area contributed by atoms with Crippen LogP contribution in [0.5, 0.6) is 0 Å². The molecule has 2 rings (SSSR count). The van der Waals surface area contributed by atoms with E-state index in [0.717, 1.165) is 37.7 Å². The summed E-state index contributed by atoms with van der Waals surface area (Å²) < 4.78 is 5.10. The molecule has 1 saturated heterocycles. The van der Waals surface area contributed by atoms with E-state index in [-0.39, 0.29) is 0 Å². The van der Waals surface area contributed by atoms with Crippen molar-refractivity contribution >= 4 is 5.82 Å². The van der Waals surface area contributed by atoms with Crippen LogP contribution in [0.15, 0.2) is 12.4 Å². The van der Waals surface area contributed by atoms with Gasteiger partial charge in [-0.3, -0.25) is 0 Å². The first-order valence-electron chi connectivity index (χ1n) is 5.01. The Labute approximate surface area is 83.7 Å². The molecule has 4 heteroatoms. The zero-order valence-electron chi connectivity index (χ0n) is 8.36. The highest BCUT2D eigenvalue weighted by atomic mass is 16.5. The smallest absolute Gasteiger partial charge is 0.129 e. The Kier molecular flexibility index (Phi) is 2.93. The summed E-state index contributed by atoms with van der Waals surface area (Å²) >= 11 is 0. The summed E-state index contributed by atoms with van der Waals surface area (Å²) in [4.78, 5) is 8.30. The Hall–Kier alpha value is -1.16. The van der Waals surface area contributed by atoms with Crippen molar-refractivity contribution in [3.8, 4) is 0 Å². The van der Waals surface area contributed by atoms with Crippen molar-refractivity contribution in [2.75, 3.05) is 25.1 Å². The summed E-state index contributed by atoms with van der Waals surface area (Å²) in [7, 11) is 0. The fourth-order valence-electron chi connectivity index (χ4n) is 1.34. The second-order valence-electron chi connectivity index (χ2n) is 3.53. The van der Waals surface area contributed by atoms with Gasteiger partial charge in [0.2, 0.25) is 0 Å². The molecule has 0 atom stereocenters. The molecule has 2 heterocycles. The van der Waals surface area contributed by atoms with Crippen LogP contribution in [0.4, 0.5) is 5.82 Å². The van der Waals surface area contributed by atoms with Crippen LogP contribution in [0.2, 0.25) is 0 Å². The highest BCUT2D eigenvalue weighted by Gasteiger charge is 2.17. The minimum Gasteiger partial charge on any atom is -0.381 e. The maximum absolute atomic E-state index is 5.10. The summed E-state index contributed by atoms with van der Waals surface area (Å²) in [5.74, 6) is 1.57. The molecule has 0 aromatic carbocycles. The number of nitrogens with one attached hydrogen (secondary N) is 1. The van der Waals surface area contributed by atoms with Crippen molar-refractivity contribution in [3.05, 3.63) is 18.1 Å². The van der Waals surface area contributed by atoms with E-state index in [1.54, 1.807) is 6.33 Å². The molecular weight excluding hydrogens is 178 g/mol. The molecule has 1 aliphatic rings. The lowest BCUT2D eigenvalue weighted by Crippen LogP contribution is -2.33. The molecule has 0 spiro atoms. The topological polar surface area (TPSA) is 47.0 Å². The van der Waals surface area contributed by atoms with Gasteiger partial charge in [-0.05, 0) is 6.42 Å². The number of hydrogen-bond acceptors (Lipinski definition) is 4. The standard InChI is InChI=1S/C10H15N3O/c1-2-9-3-10(13-7-12-9)11-4-8-5-14-6-8/h3,7-8H,2,4-6H2,1H3,(H,11,12,13). The molecule has 0 aliphatic carbocycles. The van der Waals surface area contributed by atoms with Crippen molar-refractivity contribution < 1.29 is 4.74 Å². The summed E-state index contributed by atoms with van der Waals surface area (Å²) in [6.45, 7) is 4.78. The van der Waals surface area contributed by atoms with Gasteiger partial charge in [0.25, 0.3) is 0 Å². The average Bonchev–Trinajstić information content (AvgIpc) is 2.16. The molecular formula is C10H15N3O. The monoisotopic (exact) mass is 193 g/mol. The van der Waals surface area contributed by atoms with E-state index in [9.17, 15) is 0 Å². The SMILES string of the molecule is CCc1cc(NCC2COC2)ncn1. The van der Waals surface area contributed by atoms with Gasteiger partial charge in [0, 0.05) is 24.2 Å². The van der Waals surface area contributed by atoms with Gasteiger partial charge in [0.15, 0.2) is 0 Å². The zero-order valence-corrected chi connectivity index (χ0v) is 8.36. The van der Waals surface area contributed by atoms with E-state index in [2.05, 4.69) is 22.2 Å². The second-order valence-corrected chi connectivity index (χ2v) is 3.53. The molecule has 0 saturated carbocycles. The maximum atomic E-state index is 5.10. The van der Waals surface area contributed by atoms with Crippen molar-refractivity contribution in [3.63, 3.8) is 0 Å². The fraction of sp³-hybridized carbons (Fsp3) is 0.600. The van der Waals surface area contributed by atoms with Crippen LogP contribution >= 0.6 is 0 Å². The van der Waals surface area contributed by atoms with Gasteiger partial charge in [-0.25, -0.2) is 9.97 Å². The van der Waals surface area contributed by atoms with Gasteiger partial charge in [-0.1, -0.05) is 6.92 Å². The number of anilines is 1. The minimum atomic E-state index is 0.648. The summed E-state index contributed by atoms with van der Waals surface area (Å²) in [6.07, 6.45) is 2.56. The van der Waals surface area contributed by atoms with Gasteiger partial charge >= 0.3 is 0 Å². The van der Waals surface area contributed by atoms with Crippen LogP contribution in [0.25, 0.3) is 0 Å². The molecule has 0 unspecified atom stereocenters. The van der Waals surface area contributed by atoms with E-state index in [0.29, 0.717) is 5.92 Å². The number of nitrogens with zero attached hydrogens (tertiary/aromatic N) is 2. The third-order valence-electron chi connectivity index (χ3n) is 2.36. The van der Waals surface area contributed by atoms with E-state index in [1.807, 2.05) is 6.07 Å². The predicted octanol–water partition coefficient (Wildman–Crippen LogP) is 1.10. The lowest BCUT2D eigenvalue weighted by atomic mass is 10.1. The van der Waals surface area contributed by atoms with Crippen molar-refractivity contribution in [2.45, 2.75) is 13.3 Å². The Bertz CT molecular complexity index is 299. The van der Waals surface area contributed by atoms with E-state index >= 15 is 0 Å². The van der Waals surface area contributed by atoms with Crippen LogP contribution < -0.4 is 5.32 Å². The highest BCUT2D eigenvalue weighted by Crippen LogP contribution is 2.11. The van der Waals surface area contributed by atoms with E-state index in [4.69, 9.17) is 4.74 Å². The average molecular weight is 193 g/mol. The molecule has 1 aliphatic heterocycles. The number of ether oxygens (including phenoxy) is 1. The Morgan fingerprint density at radius 3 is 3.00 bits per heavy atom. The third-order valence-corrected chi connectivity index (χ3v) is 2.36. The number of rotatable bonds is 4. The van der Waals surface area contributed by atoms with Gasteiger partial charge in [0.1, 0.15) is 12.1 Å². The zero-order chi connectivity index (χ0) is 9.80. The Balaban J connectivity index is 1.87. The predicted molar refractivity (Wildman–Crippen MR) is 54.2 cm³/mol. The first-order chi connectivity index (χ1) is 6.88. The lowest BCUT2D eigenvalue weighted by Gasteiger charge is -2.26. The fourth-order valence-corrected chi connectivity index (χ4v) is 1.34. The first kappa shape index (κ1) is 9.40. The molecule has 0 bridgehead atoms. The van der Waals surface area contributed by atoms with Crippen LogP contribution in [0.3, 0.4) is 0 Å². The molecule has 14 heavy (non-hydrogen) atoms. The number of aromatic nitrogens is 2. The number of aryl methyl sites for hydroxylation is 1. The molecule has 1 N–H and O–H groups in total. The summed E-state index contributed by atoms with van der Waals surface area (Å²) in [5, 5.41) is 3.29. The van der Waals surface area contributed by atoms with Crippen LogP contribution in [0.1, 0.15) is 12.6 Å². The molecule has 0 radical (unpaired) electrons. The van der Waals surface area contributed by atoms with Crippen LogP contribution in [0, 0.1) is 5.92 Å². The third kappa shape index (κ3) is 2.20. The molecule has 76 valence electrons. The van der Waals surface area contributed by atoms with E-state index in [1.165, 1.54) is 0 Å². The van der Waals surface area contributed by atoms with Crippen LogP contribution in [-0.4, -0.2) is 29.7 Å². The molecule has 1 aromatic rings. The van der Waals surface area contributed by atoms with Crippen molar-refractivity contribution in [1.29, 1.82) is 0 Å². The largest absolute Gasteiger partial charge is 0.381 e. The van der Waals surface area contributed by atoms with E-state index < -0.39 is 0 Å².